The summed E-state index contributed by atoms with van der Waals surface area (Å²) in [6.45, 7) is 10.7. The molecule has 1 atom stereocenters. The van der Waals surface area contributed by atoms with Gasteiger partial charge in [-0.15, -0.1) is 0 Å². The molecule has 2 aromatic carbocycles. The van der Waals surface area contributed by atoms with Crippen LogP contribution in [0.15, 0.2) is 36.4 Å². The Morgan fingerprint density at radius 3 is 2.14 bits per heavy atom. The molecule has 0 heterocycles. The smallest absolute Gasteiger partial charge is 0.171 e. The summed E-state index contributed by atoms with van der Waals surface area (Å²) in [7, 11) is 0. The van der Waals surface area contributed by atoms with Crippen molar-refractivity contribution in [1.29, 1.82) is 0 Å². The lowest BCUT2D eigenvalue weighted by Gasteiger charge is -2.20. The SMILES string of the molecule is Cc1ccc(NC(=S)NC(C)c2cc(C)c(C)cc2C)cc1. The van der Waals surface area contributed by atoms with Crippen LogP contribution in [0, 0.1) is 27.7 Å². The summed E-state index contributed by atoms with van der Waals surface area (Å²) >= 11 is 5.42. The minimum Gasteiger partial charge on any atom is -0.356 e. The maximum atomic E-state index is 5.42. The van der Waals surface area contributed by atoms with Crippen molar-refractivity contribution in [3.63, 3.8) is 0 Å². The maximum absolute atomic E-state index is 5.42. The second kappa shape index (κ2) is 6.93. The van der Waals surface area contributed by atoms with Crippen molar-refractivity contribution >= 4 is 23.0 Å². The Balaban J connectivity index is 2.05. The van der Waals surface area contributed by atoms with Crippen molar-refractivity contribution in [3.05, 3.63) is 64.2 Å². The van der Waals surface area contributed by atoms with E-state index in [2.05, 4.69) is 69.5 Å². The Morgan fingerprint density at radius 1 is 0.909 bits per heavy atom. The van der Waals surface area contributed by atoms with Crippen LogP contribution < -0.4 is 10.6 Å². The van der Waals surface area contributed by atoms with E-state index < -0.39 is 0 Å². The molecule has 0 bridgehead atoms. The molecule has 2 nitrogen and oxygen atoms in total. The Hall–Kier alpha value is -1.87. The first-order valence-corrected chi connectivity index (χ1v) is 7.99. The van der Waals surface area contributed by atoms with E-state index in [0.717, 1.165) is 5.69 Å². The molecule has 2 aromatic rings. The minimum atomic E-state index is 0.171. The van der Waals surface area contributed by atoms with Crippen LogP contribution in [0.5, 0.6) is 0 Å². The normalized spacial score (nSPS) is 11.9. The number of hydrogen-bond donors (Lipinski definition) is 2. The molecule has 2 N–H and O–H groups in total. The van der Waals surface area contributed by atoms with Crippen molar-refractivity contribution in [1.82, 2.24) is 5.32 Å². The van der Waals surface area contributed by atoms with Crippen LogP contribution in [-0.2, 0) is 0 Å². The zero-order valence-electron chi connectivity index (χ0n) is 13.9. The number of hydrogen-bond acceptors (Lipinski definition) is 1. The predicted molar refractivity (Wildman–Crippen MR) is 99.6 cm³/mol. The van der Waals surface area contributed by atoms with Crippen LogP contribution in [0.3, 0.4) is 0 Å². The number of thiocarbonyl (C=S) groups is 1. The monoisotopic (exact) mass is 312 g/mol. The molecular weight excluding hydrogens is 288 g/mol. The highest BCUT2D eigenvalue weighted by molar-refractivity contribution is 7.80. The lowest BCUT2D eigenvalue weighted by molar-refractivity contribution is 0.716. The summed E-state index contributed by atoms with van der Waals surface area (Å²) in [5.41, 5.74) is 7.47. The Kier molecular flexibility index (Phi) is 5.19. The van der Waals surface area contributed by atoms with E-state index in [0.29, 0.717) is 5.11 Å². The highest BCUT2D eigenvalue weighted by atomic mass is 32.1. The quantitative estimate of drug-likeness (QED) is 0.783. The topological polar surface area (TPSA) is 24.1 Å². The fraction of sp³-hybridized carbons (Fsp3) is 0.316. The van der Waals surface area contributed by atoms with E-state index in [1.807, 2.05) is 12.1 Å². The van der Waals surface area contributed by atoms with Gasteiger partial charge in [0.2, 0.25) is 0 Å². The maximum Gasteiger partial charge on any atom is 0.171 e. The molecule has 116 valence electrons. The average molecular weight is 312 g/mol. The van der Waals surface area contributed by atoms with Gasteiger partial charge in [0.05, 0.1) is 6.04 Å². The van der Waals surface area contributed by atoms with Gasteiger partial charge < -0.3 is 10.6 Å². The van der Waals surface area contributed by atoms with E-state index in [-0.39, 0.29) is 6.04 Å². The van der Waals surface area contributed by atoms with Crippen LogP contribution >= 0.6 is 12.2 Å². The van der Waals surface area contributed by atoms with E-state index in [9.17, 15) is 0 Å². The van der Waals surface area contributed by atoms with Crippen molar-refractivity contribution in [2.75, 3.05) is 5.32 Å². The Morgan fingerprint density at radius 2 is 1.50 bits per heavy atom. The van der Waals surface area contributed by atoms with Gasteiger partial charge in [-0.25, -0.2) is 0 Å². The first-order chi connectivity index (χ1) is 10.4. The summed E-state index contributed by atoms with van der Waals surface area (Å²) < 4.78 is 0. The van der Waals surface area contributed by atoms with Crippen LogP contribution in [0.1, 0.15) is 40.8 Å². The summed E-state index contributed by atoms with van der Waals surface area (Å²) in [5.74, 6) is 0. The third-order valence-corrected chi connectivity index (χ3v) is 4.23. The van der Waals surface area contributed by atoms with Crippen molar-refractivity contribution in [2.24, 2.45) is 0 Å². The van der Waals surface area contributed by atoms with Crippen LogP contribution in [0.4, 0.5) is 5.69 Å². The zero-order valence-corrected chi connectivity index (χ0v) is 14.8. The number of benzene rings is 2. The van der Waals surface area contributed by atoms with Crippen LogP contribution in [0.2, 0.25) is 0 Å². The van der Waals surface area contributed by atoms with Gasteiger partial charge in [0.25, 0.3) is 0 Å². The number of nitrogens with one attached hydrogen (secondary N) is 2. The first-order valence-electron chi connectivity index (χ1n) is 7.58. The fourth-order valence-electron chi connectivity index (χ4n) is 2.53. The minimum absolute atomic E-state index is 0.171. The molecule has 0 aromatic heterocycles. The molecule has 2 rings (SSSR count). The lowest BCUT2D eigenvalue weighted by atomic mass is 9.97. The predicted octanol–water partition coefficient (Wildman–Crippen LogP) is 4.97. The first kappa shape index (κ1) is 16.5. The molecule has 3 heteroatoms. The standard InChI is InChI=1S/C19H24N2S/c1-12-6-8-17(9-7-12)21-19(22)20-16(5)18-11-14(3)13(2)10-15(18)4/h6-11,16H,1-5H3,(H2,20,21,22). The van der Waals surface area contributed by atoms with Gasteiger partial charge in [-0.3, -0.25) is 0 Å². The van der Waals surface area contributed by atoms with Gasteiger partial charge >= 0.3 is 0 Å². The molecule has 0 amide bonds. The zero-order chi connectivity index (χ0) is 16.3. The van der Waals surface area contributed by atoms with Gasteiger partial charge in [0.15, 0.2) is 5.11 Å². The number of rotatable bonds is 3. The highest BCUT2D eigenvalue weighted by Gasteiger charge is 2.11. The molecule has 0 saturated heterocycles. The molecule has 0 fully saturated rings. The fourth-order valence-corrected chi connectivity index (χ4v) is 2.82. The second-order valence-corrected chi connectivity index (χ2v) is 6.39. The van der Waals surface area contributed by atoms with Crippen LogP contribution in [0.25, 0.3) is 0 Å². The molecule has 0 spiro atoms. The molecule has 22 heavy (non-hydrogen) atoms. The third kappa shape index (κ3) is 4.08. The van der Waals surface area contributed by atoms with E-state index in [1.165, 1.54) is 27.8 Å². The Labute approximate surface area is 139 Å². The van der Waals surface area contributed by atoms with Crippen molar-refractivity contribution < 1.29 is 0 Å². The highest BCUT2D eigenvalue weighted by Crippen LogP contribution is 2.21. The summed E-state index contributed by atoms with van der Waals surface area (Å²) in [6, 6.07) is 12.9. The van der Waals surface area contributed by atoms with Gasteiger partial charge in [-0.1, -0.05) is 29.8 Å². The molecule has 0 aliphatic heterocycles. The molecular formula is C19H24N2S. The molecule has 1 unspecified atom stereocenters. The second-order valence-electron chi connectivity index (χ2n) is 5.98. The number of aryl methyl sites for hydroxylation is 4. The van der Waals surface area contributed by atoms with Gasteiger partial charge in [-0.05, 0) is 81.2 Å². The van der Waals surface area contributed by atoms with Gasteiger partial charge in [0.1, 0.15) is 0 Å². The molecule has 0 aliphatic rings. The van der Waals surface area contributed by atoms with Crippen molar-refractivity contribution in [3.8, 4) is 0 Å². The van der Waals surface area contributed by atoms with Crippen molar-refractivity contribution in [2.45, 2.75) is 40.7 Å². The van der Waals surface area contributed by atoms with Gasteiger partial charge in [-0.2, -0.15) is 0 Å². The largest absolute Gasteiger partial charge is 0.356 e. The third-order valence-electron chi connectivity index (χ3n) is 4.01. The van der Waals surface area contributed by atoms with Crippen LogP contribution in [-0.4, -0.2) is 5.11 Å². The molecule has 0 saturated carbocycles. The van der Waals surface area contributed by atoms with E-state index in [1.54, 1.807) is 0 Å². The Bertz CT molecular complexity index is 675. The summed E-state index contributed by atoms with van der Waals surface area (Å²) in [4.78, 5) is 0. The molecule has 0 aliphatic carbocycles. The van der Waals surface area contributed by atoms with E-state index >= 15 is 0 Å². The lowest BCUT2D eigenvalue weighted by Crippen LogP contribution is -2.31. The van der Waals surface area contributed by atoms with E-state index in [4.69, 9.17) is 12.2 Å². The summed E-state index contributed by atoms with van der Waals surface area (Å²) in [5, 5.41) is 7.25. The summed E-state index contributed by atoms with van der Waals surface area (Å²) in [6.07, 6.45) is 0. The number of anilines is 1. The van der Waals surface area contributed by atoms with Gasteiger partial charge in [0, 0.05) is 5.69 Å². The molecule has 0 radical (unpaired) electrons. The average Bonchev–Trinajstić information content (AvgIpc) is 2.45.